The fourth-order valence-electron chi connectivity index (χ4n) is 2.91. The van der Waals surface area contributed by atoms with Crippen LogP contribution in [0.5, 0.6) is 0 Å². The Hall–Kier alpha value is -3.04. The molecule has 3 amide bonds. The minimum absolute atomic E-state index is 0.0162. The van der Waals surface area contributed by atoms with E-state index < -0.39 is 23.8 Å². The van der Waals surface area contributed by atoms with Gasteiger partial charge >= 0.3 is 12.2 Å². The minimum atomic E-state index is -4.44. The molecule has 2 atom stereocenters. The van der Waals surface area contributed by atoms with Gasteiger partial charge in [0.1, 0.15) is 5.82 Å². The lowest BCUT2D eigenvalue weighted by Gasteiger charge is -2.25. The lowest BCUT2D eigenvalue weighted by Crippen LogP contribution is -2.37. The number of urea groups is 1. The summed E-state index contributed by atoms with van der Waals surface area (Å²) in [5, 5.41) is 8.12. The Morgan fingerprint density at radius 3 is 2.30 bits per heavy atom. The first-order valence-electron chi connectivity index (χ1n) is 9.51. The SMILES string of the molecule is CC(=O)NCC(C)n1ccnc1[C@@H](NC(=O)Nc1ccc(C(F)(F)F)cc1)C(C)C. The lowest BCUT2D eigenvalue weighted by molar-refractivity contribution is -0.137. The van der Waals surface area contributed by atoms with Crippen molar-refractivity contribution in [3.63, 3.8) is 0 Å². The van der Waals surface area contributed by atoms with Gasteiger partial charge in [0.2, 0.25) is 5.91 Å². The highest BCUT2D eigenvalue weighted by molar-refractivity contribution is 5.89. The zero-order valence-corrected chi connectivity index (χ0v) is 17.2. The van der Waals surface area contributed by atoms with Crippen molar-refractivity contribution in [2.75, 3.05) is 11.9 Å². The number of aromatic nitrogens is 2. The number of halogens is 3. The largest absolute Gasteiger partial charge is 0.416 e. The molecule has 0 aliphatic rings. The predicted molar refractivity (Wildman–Crippen MR) is 107 cm³/mol. The third-order valence-electron chi connectivity index (χ3n) is 4.52. The number of nitrogens with one attached hydrogen (secondary N) is 3. The van der Waals surface area contributed by atoms with Gasteiger partial charge in [0.05, 0.1) is 11.6 Å². The molecule has 3 N–H and O–H groups in total. The van der Waals surface area contributed by atoms with Crippen LogP contribution < -0.4 is 16.0 Å². The normalized spacial score (nSPS) is 13.6. The third kappa shape index (κ3) is 6.23. The van der Waals surface area contributed by atoms with Crippen molar-refractivity contribution in [2.45, 2.75) is 46.0 Å². The zero-order chi connectivity index (χ0) is 22.5. The van der Waals surface area contributed by atoms with Crippen molar-refractivity contribution >= 4 is 17.6 Å². The Kier molecular flexibility index (Phi) is 7.47. The van der Waals surface area contributed by atoms with Crippen LogP contribution in [0.4, 0.5) is 23.7 Å². The number of hydrogen-bond donors (Lipinski definition) is 3. The molecule has 164 valence electrons. The molecule has 7 nitrogen and oxygen atoms in total. The van der Waals surface area contributed by atoms with Crippen LogP contribution in [0, 0.1) is 5.92 Å². The number of anilines is 1. The van der Waals surface area contributed by atoms with Crippen LogP contribution in [0.15, 0.2) is 36.7 Å². The second-order valence-electron chi connectivity index (χ2n) is 7.37. The molecule has 1 aromatic carbocycles. The van der Waals surface area contributed by atoms with Crippen LogP contribution >= 0.6 is 0 Å². The Labute approximate surface area is 173 Å². The van der Waals surface area contributed by atoms with E-state index in [1.54, 1.807) is 12.4 Å². The van der Waals surface area contributed by atoms with Gasteiger partial charge in [-0.3, -0.25) is 4.79 Å². The van der Waals surface area contributed by atoms with Crippen molar-refractivity contribution < 1.29 is 22.8 Å². The van der Waals surface area contributed by atoms with E-state index in [0.717, 1.165) is 12.1 Å². The molecule has 0 aliphatic heterocycles. The molecule has 1 unspecified atom stereocenters. The summed E-state index contributed by atoms with van der Waals surface area (Å²) in [4.78, 5) is 28.0. The number of benzene rings is 1. The number of imidazole rings is 1. The van der Waals surface area contributed by atoms with Gasteiger partial charge in [-0.1, -0.05) is 13.8 Å². The molecule has 0 spiro atoms. The van der Waals surface area contributed by atoms with Gasteiger partial charge in [0, 0.05) is 37.6 Å². The smallest absolute Gasteiger partial charge is 0.354 e. The highest BCUT2D eigenvalue weighted by Crippen LogP contribution is 2.30. The summed E-state index contributed by atoms with van der Waals surface area (Å²) in [5.74, 6) is 0.459. The fourth-order valence-corrected chi connectivity index (χ4v) is 2.91. The Bertz CT molecular complexity index is 862. The van der Waals surface area contributed by atoms with Crippen molar-refractivity contribution in [1.82, 2.24) is 20.2 Å². The van der Waals surface area contributed by atoms with E-state index in [1.165, 1.54) is 19.1 Å². The molecule has 1 heterocycles. The van der Waals surface area contributed by atoms with E-state index in [2.05, 4.69) is 20.9 Å². The number of nitrogens with zero attached hydrogens (tertiary/aromatic N) is 2. The number of carbonyl (C=O) groups is 2. The molecule has 0 aliphatic carbocycles. The summed E-state index contributed by atoms with van der Waals surface area (Å²) >= 11 is 0. The first-order chi connectivity index (χ1) is 14.0. The van der Waals surface area contributed by atoms with Crippen molar-refractivity contribution in [2.24, 2.45) is 5.92 Å². The first-order valence-corrected chi connectivity index (χ1v) is 9.51. The van der Waals surface area contributed by atoms with E-state index in [1.807, 2.05) is 25.3 Å². The van der Waals surface area contributed by atoms with Gasteiger partial charge < -0.3 is 20.5 Å². The van der Waals surface area contributed by atoms with E-state index in [4.69, 9.17) is 0 Å². The quantitative estimate of drug-likeness (QED) is 0.624. The maximum absolute atomic E-state index is 12.7. The zero-order valence-electron chi connectivity index (χ0n) is 17.2. The molecule has 2 rings (SSSR count). The maximum atomic E-state index is 12.7. The van der Waals surface area contributed by atoms with Crippen LogP contribution in [-0.2, 0) is 11.0 Å². The summed E-state index contributed by atoms with van der Waals surface area (Å²) < 4.78 is 39.9. The van der Waals surface area contributed by atoms with Gasteiger partial charge in [-0.25, -0.2) is 9.78 Å². The fraction of sp³-hybridized carbons (Fsp3) is 0.450. The molecule has 0 bridgehead atoms. The average Bonchev–Trinajstić information content (AvgIpc) is 3.13. The Morgan fingerprint density at radius 1 is 1.13 bits per heavy atom. The molecule has 10 heteroatoms. The maximum Gasteiger partial charge on any atom is 0.416 e. The second-order valence-corrected chi connectivity index (χ2v) is 7.37. The Morgan fingerprint density at radius 2 is 1.77 bits per heavy atom. The summed E-state index contributed by atoms with van der Waals surface area (Å²) in [6, 6.07) is 3.11. The van der Waals surface area contributed by atoms with Crippen LogP contribution in [-0.4, -0.2) is 28.0 Å². The molecule has 2 aromatic rings. The number of rotatable bonds is 7. The second kappa shape index (κ2) is 9.64. The van der Waals surface area contributed by atoms with Crippen molar-refractivity contribution in [3.05, 3.63) is 48.0 Å². The van der Waals surface area contributed by atoms with Crippen LogP contribution in [0.1, 0.15) is 51.2 Å². The summed E-state index contributed by atoms with van der Waals surface area (Å²) in [5.41, 5.74) is -0.547. The van der Waals surface area contributed by atoms with Gasteiger partial charge in [0.25, 0.3) is 0 Å². The van der Waals surface area contributed by atoms with Crippen molar-refractivity contribution in [3.8, 4) is 0 Å². The van der Waals surface area contributed by atoms with Crippen molar-refractivity contribution in [1.29, 1.82) is 0 Å². The van der Waals surface area contributed by atoms with Crippen LogP contribution in [0.2, 0.25) is 0 Å². The number of carbonyl (C=O) groups excluding carboxylic acids is 2. The highest BCUT2D eigenvalue weighted by Gasteiger charge is 2.30. The van der Waals surface area contributed by atoms with Crippen LogP contribution in [0.3, 0.4) is 0 Å². The number of amides is 3. The number of alkyl halides is 3. The minimum Gasteiger partial charge on any atom is -0.354 e. The molecule has 0 fully saturated rings. The third-order valence-corrected chi connectivity index (χ3v) is 4.52. The van der Waals surface area contributed by atoms with Gasteiger partial charge in [0.15, 0.2) is 0 Å². The molecule has 30 heavy (non-hydrogen) atoms. The van der Waals surface area contributed by atoms with Gasteiger partial charge in [-0.2, -0.15) is 13.2 Å². The number of hydrogen-bond acceptors (Lipinski definition) is 3. The van der Waals surface area contributed by atoms with Gasteiger partial charge in [-0.05, 0) is 37.1 Å². The molecule has 1 aromatic heterocycles. The highest BCUT2D eigenvalue weighted by atomic mass is 19.4. The topological polar surface area (TPSA) is 88.1 Å². The predicted octanol–water partition coefficient (Wildman–Crippen LogP) is 4.12. The lowest BCUT2D eigenvalue weighted by atomic mass is 10.0. The summed E-state index contributed by atoms with van der Waals surface area (Å²) in [6.07, 6.45) is -1.05. The summed E-state index contributed by atoms with van der Waals surface area (Å²) in [6.45, 7) is 7.59. The average molecular weight is 425 g/mol. The standard InChI is InChI=1S/C20H26F3N5O2/c1-12(2)17(18-24-9-10-28(18)13(3)11-25-14(4)29)27-19(30)26-16-7-5-15(6-8-16)20(21,22)23/h5-10,12-13,17H,11H2,1-4H3,(H,25,29)(H2,26,27,30)/t13?,17-/m0/s1. The van der Waals surface area contributed by atoms with E-state index in [9.17, 15) is 22.8 Å². The molecule has 0 saturated heterocycles. The van der Waals surface area contributed by atoms with E-state index in [0.29, 0.717) is 12.4 Å². The van der Waals surface area contributed by atoms with E-state index >= 15 is 0 Å². The van der Waals surface area contributed by atoms with Gasteiger partial charge in [-0.15, -0.1) is 0 Å². The van der Waals surface area contributed by atoms with Crippen LogP contribution in [0.25, 0.3) is 0 Å². The van der Waals surface area contributed by atoms with E-state index in [-0.39, 0.29) is 23.6 Å². The molecular weight excluding hydrogens is 399 g/mol. The monoisotopic (exact) mass is 425 g/mol. The first kappa shape index (κ1) is 23.2. The summed E-state index contributed by atoms with van der Waals surface area (Å²) in [7, 11) is 0. The molecule has 0 radical (unpaired) electrons. The Balaban J connectivity index is 2.10. The molecule has 0 saturated carbocycles. The molecular formula is C20H26F3N5O2.